The Labute approximate surface area is 425 Å². The molecule has 2 rings (SSSR count). The molecule has 0 spiro atoms. The maximum absolute atomic E-state index is 14.3. The molecular weight excluding hydrogens is 925 g/mol. The van der Waals surface area contributed by atoms with Crippen molar-refractivity contribution in [2.75, 3.05) is 19.6 Å². The Kier molecular flexibility index (Phi) is 26.8. The van der Waals surface area contributed by atoms with Crippen LogP contribution in [0.5, 0.6) is 0 Å². The lowest BCUT2D eigenvalue weighted by Crippen LogP contribution is -2.60. The second kappa shape index (κ2) is 31.2. The Bertz CT molecular complexity index is 2010. The fraction of sp³-hybridized carbons (Fsp3) is 0.680. The van der Waals surface area contributed by atoms with Gasteiger partial charge in [0.05, 0.1) is 0 Å². The van der Waals surface area contributed by atoms with Crippen LogP contribution in [0.1, 0.15) is 138 Å². The van der Waals surface area contributed by atoms with Crippen LogP contribution in [0.2, 0.25) is 0 Å². The summed E-state index contributed by atoms with van der Waals surface area (Å²) in [5.74, 6) is -5.21. The van der Waals surface area contributed by atoms with Crippen LogP contribution in [0.25, 0.3) is 0 Å². The van der Waals surface area contributed by atoms with Crippen LogP contribution < -0.4 is 60.2 Å². The highest BCUT2D eigenvalue weighted by Crippen LogP contribution is 2.22. The van der Waals surface area contributed by atoms with E-state index in [0.717, 1.165) is 5.56 Å². The summed E-state index contributed by atoms with van der Waals surface area (Å²) < 4.78 is 0. The molecule has 1 aliphatic rings. The zero-order valence-corrected chi connectivity index (χ0v) is 44.0. The summed E-state index contributed by atoms with van der Waals surface area (Å²) in [6, 6.07) is -0.515. The van der Waals surface area contributed by atoms with Gasteiger partial charge >= 0.3 is 0 Å². The number of unbranched alkanes of at least 4 members (excludes halogenated alkanes) is 1. The Balaban J connectivity index is 2.35. The zero-order valence-electron chi connectivity index (χ0n) is 44.0. The number of amidine groups is 1. The molecule has 0 saturated carbocycles. The monoisotopic (exact) mass is 1010 g/mol. The quantitative estimate of drug-likeness (QED) is 0.0275. The lowest BCUT2D eigenvalue weighted by Gasteiger charge is -2.31. The highest BCUT2D eigenvalue weighted by molar-refractivity contribution is 5.98. The summed E-state index contributed by atoms with van der Waals surface area (Å²) in [7, 11) is 0. The number of guanidine groups is 1. The number of amides is 8. The largest absolute Gasteiger partial charge is 0.384 e. The first kappa shape index (κ1) is 61.8. The second-order valence-electron chi connectivity index (χ2n) is 20.4. The van der Waals surface area contributed by atoms with Gasteiger partial charge in [0.2, 0.25) is 47.3 Å². The van der Waals surface area contributed by atoms with Crippen LogP contribution in [-0.4, -0.2) is 126 Å². The third-order valence-electron chi connectivity index (χ3n) is 12.0. The SMILES string of the molecule is CC(=O)N[C@@H](CC(C)C)C(=O)N1CCC[C@H]1C(=O)N[C@@H](CC(C)C)C(=O)N[C@@H](CC(C)C)C(=O)N[C@@H](CCCN=C(N)N)C(=O)N[C@H](C(=O)N[C@@H](CCCCN)C(=O)NCc1ccc(C(=N)N)cc1)C(C)C. The van der Waals surface area contributed by atoms with E-state index in [1.165, 1.54) is 11.8 Å². The number of nitrogens with two attached hydrogens (primary N) is 4. The molecule has 1 fully saturated rings. The summed E-state index contributed by atoms with van der Waals surface area (Å²) >= 11 is 0. The number of rotatable bonds is 31. The van der Waals surface area contributed by atoms with E-state index in [1.54, 1.807) is 38.1 Å². The van der Waals surface area contributed by atoms with Gasteiger partial charge in [0.15, 0.2) is 5.96 Å². The highest BCUT2D eigenvalue weighted by atomic mass is 16.2. The number of carbonyl (C=O) groups is 8. The average Bonchev–Trinajstić information content (AvgIpc) is 3.79. The van der Waals surface area contributed by atoms with Gasteiger partial charge in [0.1, 0.15) is 48.1 Å². The minimum Gasteiger partial charge on any atom is -0.384 e. The van der Waals surface area contributed by atoms with Crippen molar-refractivity contribution >= 4 is 59.1 Å². The molecule has 8 amide bonds. The van der Waals surface area contributed by atoms with Crippen LogP contribution in [0.15, 0.2) is 29.3 Å². The molecule has 7 atom stereocenters. The first-order valence-corrected chi connectivity index (χ1v) is 25.4. The number of nitrogen functional groups attached to an aromatic ring is 1. The Morgan fingerprint density at radius 3 is 1.69 bits per heavy atom. The summed E-state index contributed by atoms with van der Waals surface area (Å²) in [6.07, 6.45) is 3.32. The third-order valence-corrected chi connectivity index (χ3v) is 12.0. The highest BCUT2D eigenvalue weighted by Gasteiger charge is 2.40. The Morgan fingerprint density at radius 1 is 0.653 bits per heavy atom. The lowest BCUT2D eigenvalue weighted by atomic mass is 9.98. The predicted octanol–water partition coefficient (Wildman–Crippen LogP) is 0.483. The van der Waals surface area contributed by atoms with Gasteiger partial charge in [0.25, 0.3) is 0 Å². The van der Waals surface area contributed by atoms with Crippen molar-refractivity contribution in [3.63, 3.8) is 0 Å². The normalized spacial score (nSPS) is 15.9. The first-order chi connectivity index (χ1) is 33.8. The number of aliphatic imine (C=N–C) groups is 1. The third kappa shape index (κ3) is 22.0. The van der Waals surface area contributed by atoms with Crippen LogP contribution in [0.3, 0.4) is 0 Å². The van der Waals surface area contributed by atoms with Gasteiger partial charge in [-0.1, -0.05) is 79.7 Å². The van der Waals surface area contributed by atoms with Crippen molar-refractivity contribution in [3.05, 3.63) is 35.4 Å². The van der Waals surface area contributed by atoms with Gasteiger partial charge in [-0.3, -0.25) is 48.8 Å². The molecule has 22 heteroatoms. The number of hydrogen-bond donors (Lipinski definition) is 12. The molecule has 1 aromatic carbocycles. The van der Waals surface area contributed by atoms with Crippen molar-refractivity contribution in [1.29, 1.82) is 5.41 Å². The molecule has 0 aromatic heterocycles. The van der Waals surface area contributed by atoms with Crippen LogP contribution in [0, 0.1) is 29.1 Å². The molecule has 1 heterocycles. The van der Waals surface area contributed by atoms with E-state index in [-0.39, 0.29) is 86.6 Å². The van der Waals surface area contributed by atoms with E-state index in [4.69, 9.17) is 28.3 Å². The van der Waals surface area contributed by atoms with E-state index < -0.39 is 83.7 Å². The van der Waals surface area contributed by atoms with E-state index in [0.29, 0.717) is 50.8 Å². The number of carbonyl (C=O) groups excluding carboxylic acids is 8. The van der Waals surface area contributed by atoms with Crippen molar-refractivity contribution in [2.24, 2.45) is 51.6 Å². The number of benzene rings is 1. The van der Waals surface area contributed by atoms with E-state index >= 15 is 0 Å². The minimum atomic E-state index is -1.24. The van der Waals surface area contributed by atoms with Crippen molar-refractivity contribution in [2.45, 2.75) is 175 Å². The summed E-state index contributed by atoms with van der Waals surface area (Å²) in [5, 5.41) is 27.3. The predicted molar refractivity (Wildman–Crippen MR) is 277 cm³/mol. The number of likely N-dealkylation sites (tertiary alicyclic amines) is 1. The lowest BCUT2D eigenvalue weighted by molar-refractivity contribution is -0.142. The van der Waals surface area contributed by atoms with Crippen molar-refractivity contribution in [3.8, 4) is 0 Å². The van der Waals surface area contributed by atoms with Gasteiger partial charge in [0, 0.05) is 32.1 Å². The molecule has 1 saturated heterocycles. The topological polar surface area (TPSA) is 364 Å². The molecule has 0 unspecified atom stereocenters. The van der Waals surface area contributed by atoms with E-state index in [1.807, 2.05) is 41.5 Å². The van der Waals surface area contributed by atoms with Gasteiger partial charge < -0.3 is 65.1 Å². The molecule has 22 nitrogen and oxygen atoms in total. The molecule has 0 radical (unpaired) electrons. The molecule has 1 aliphatic heterocycles. The zero-order chi connectivity index (χ0) is 54.2. The smallest absolute Gasteiger partial charge is 0.245 e. The van der Waals surface area contributed by atoms with E-state index in [2.05, 4.69) is 42.2 Å². The first-order valence-electron chi connectivity index (χ1n) is 25.4. The number of nitrogens with one attached hydrogen (secondary N) is 8. The molecule has 1 aromatic rings. The van der Waals surface area contributed by atoms with Crippen LogP contribution in [0.4, 0.5) is 0 Å². The number of nitrogens with zero attached hydrogens (tertiary/aromatic N) is 2. The Hall–Kier alpha value is -6.32. The Morgan fingerprint density at radius 2 is 1.17 bits per heavy atom. The van der Waals surface area contributed by atoms with Gasteiger partial charge in [-0.05, 0) is 100.0 Å². The molecule has 404 valence electrons. The number of hydrogen-bond acceptors (Lipinski definition) is 11. The maximum Gasteiger partial charge on any atom is 0.245 e. The molecule has 0 aliphatic carbocycles. The van der Waals surface area contributed by atoms with Crippen LogP contribution >= 0.6 is 0 Å². The second-order valence-corrected chi connectivity index (χ2v) is 20.4. The fourth-order valence-electron chi connectivity index (χ4n) is 8.36. The summed E-state index contributed by atoms with van der Waals surface area (Å²) in [6.45, 7) is 17.1. The fourth-order valence-corrected chi connectivity index (χ4v) is 8.36. The molecule has 16 N–H and O–H groups in total. The standard InChI is InChI=1S/C50H86N14O8/c1-28(2)24-37(61-46(69)38(25-29(3)4)62-47(70)40-16-13-23-64(40)49(72)39(26-30(5)6)58-32(9)65)45(68)59-36(15-12-22-56-50(54)55)44(67)63-41(31(7)8)48(71)60-35(14-10-11-21-51)43(66)57-27-33-17-19-34(20-18-33)42(52)53/h17-20,28-31,35-41H,10-16,21-27,51H2,1-9H3,(H3,52,53)(H,57,66)(H,58,65)(H,59,68)(H,60,71)(H,61,69)(H,62,70)(H,63,67)(H4,54,55,56)/t35-,36-,37-,38-,39-,40-,41-/m0/s1. The van der Waals surface area contributed by atoms with Gasteiger partial charge in [-0.2, -0.15) is 0 Å². The van der Waals surface area contributed by atoms with Gasteiger partial charge in [-0.15, -0.1) is 0 Å². The van der Waals surface area contributed by atoms with Crippen molar-refractivity contribution in [1.82, 2.24) is 42.1 Å². The maximum atomic E-state index is 14.3. The molecule has 0 bridgehead atoms. The van der Waals surface area contributed by atoms with Crippen LogP contribution in [-0.2, 0) is 44.9 Å². The average molecular weight is 1010 g/mol. The summed E-state index contributed by atoms with van der Waals surface area (Å²) in [4.78, 5) is 116. The molecular formula is C50H86N14O8. The molecule has 72 heavy (non-hydrogen) atoms. The van der Waals surface area contributed by atoms with Crippen molar-refractivity contribution < 1.29 is 38.4 Å². The summed E-state index contributed by atoms with van der Waals surface area (Å²) in [5.41, 5.74) is 23.7. The van der Waals surface area contributed by atoms with Gasteiger partial charge in [-0.25, -0.2) is 0 Å². The minimum absolute atomic E-state index is 0.0310. The van der Waals surface area contributed by atoms with E-state index in [9.17, 15) is 38.4 Å².